The Bertz CT molecular complexity index is 1550. The molecule has 0 N–H and O–H groups in total. The predicted octanol–water partition coefficient (Wildman–Crippen LogP) is 8.08. The van der Waals surface area contributed by atoms with Crippen LogP contribution in [0.2, 0.25) is 0 Å². The largest absolute Gasteiger partial charge is 0.297 e. The van der Waals surface area contributed by atoms with Gasteiger partial charge in [-0.1, -0.05) is 56.2 Å². The average molecular weight is 643 g/mol. The van der Waals surface area contributed by atoms with E-state index in [1.54, 1.807) is 24.3 Å². The third kappa shape index (κ3) is 5.82. The molecular weight excluding hydrogens is 593 g/mol. The molecule has 6 nitrogen and oxygen atoms in total. The van der Waals surface area contributed by atoms with Crippen molar-refractivity contribution in [1.82, 2.24) is 0 Å². The van der Waals surface area contributed by atoms with E-state index in [9.17, 15) is 16.8 Å². The lowest BCUT2D eigenvalue weighted by molar-refractivity contribution is -0.127. The van der Waals surface area contributed by atoms with Crippen LogP contribution in [0.15, 0.2) is 58.3 Å². The van der Waals surface area contributed by atoms with Gasteiger partial charge < -0.3 is 0 Å². The molecule has 2 aromatic carbocycles. The van der Waals surface area contributed by atoms with Crippen LogP contribution in [-0.2, 0) is 28.6 Å². The van der Waals surface area contributed by atoms with Crippen LogP contribution < -0.4 is 0 Å². The molecule has 0 amide bonds. The van der Waals surface area contributed by atoms with Crippen LogP contribution in [0.25, 0.3) is 0 Å². The van der Waals surface area contributed by atoms with Crippen LogP contribution in [0.4, 0.5) is 0 Å². The van der Waals surface area contributed by atoms with Crippen molar-refractivity contribution >= 4 is 20.2 Å². The maximum atomic E-state index is 13.0. The Labute approximate surface area is 265 Å². The monoisotopic (exact) mass is 642 g/mol. The summed E-state index contributed by atoms with van der Waals surface area (Å²) in [6.07, 6.45) is 9.40. The lowest BCUT2D eigenvalue weighted by atomic mass is 9.44. The van der Waals surface area contributed by atoms with Crippen molar-refractivity contribution in [2.45, 2.75) is 108 Å². The van der Waals surface area contributed by atoms with Gasteiger partial charge in [-0.3, -0.25) is 8.37 Å². The molecule has 0 spiro atoms. The van der Waals surface area contributed by atoms with Gasteiger partial charge in [-0.2, -0.15) is 16.8 Å². The van der Waals surface area contributed by atoms with E-state index >= 15 is 0 Å². The summed E-state index contributed by atoms with van der Waals surface area (Å²) >= 11 is 0. The zero-order chi connectivity index (χ0) is 31.5. The molecule has 0 aliphatic heterocycles. The first kappa shape index (κ1) is 32.2. The summed E-state index contributed by atoms with van der Waals surface area (Å²) in [5.74, 6) is 3.08. The number of benzene rings is 2. The Morgan fingerprint density at radius 1 is 0.727 bits per heavy atom. The molecule has 4 aliphatic carbocycles. The Hall–Kier alpha value is -1.74. The number of hydrogen-bond donors (Lipinski definition) is 0. The van der Waals surface area contributed by atoms with E-state index in [1.165, 1.54) is 25.7 Å². The SMILES string of the molecule is Cc1ccc(S(=O)(=O)OCC(C)C2CCC3C4CCC5C[C@H](OS(=O)(=O)c6ccc(C)cc6)CCC5(C)C4CCC23C)cc1. The molecule has 8 heteroatoms. The minimum Gasteiger partial charge on any atom is -0.266 e. The summed E-state index contributed by atoms with van der Waals surface area (Å²) < 4.78 is 63.4. The van der Waals surface area contributed by atoms with Gasteiger partial charge >= 0.3 is 0 Å². The zero-order valence-corrected chi connectivity index (χ0v) is 28.6. The summed E-state index contributed by atoms with van der Waals surface area (Å²) in [6.45, 7) is 11.3. The van der Waals surface area contributed by atoms with Gasteiger partial charge in [0, 0.05) is 0 Å². The van der Waals surface area contributed by atoms with E-state index in [0.717, 1.165) is 43.2 Å². The van der Waals surface area contributed by atoms with Gasteiger partial charge in [-0.05, 0) is 142 Å². The second-order valence-corrected chi connectivity index (χ2v) is 18.4. The molecule has 6 rings (SSSR count). The fourth-order valence-electron chi connectivity index (χ4n) is 10.3. The van der Waals surface area contributed by atoms with Gasteiger partial charge in [0.15, 0.2) is 0 Å². The second-order valence-electron chi connectivity index (χ2n) is 15.2. The van der Waals surface area contributed by atoms with Crippen LogP contribution in [-0.4, -0.2) is 29.5 Å². The lowest BCUT2D eigenvalue weighted by Gasteiger charge is -2.61. The van der Waals surface area contributed by atoms with Crippen LogP contribution >= 0.6 is 0 Å². The first-order valence-corrected chi connectivity index (χ1v) is 19.5. The first-order valence-electron chi connectivity index (χ1n) is 16.7. The minimum atomic E-state index is -3.77. The van der Waals surface area contributed by atoms with Crippen LogP contribution in [0, 0.1) is 60.2 Å². The molecule has 0 heterocycles. The lowest BCUT2D eigenvalue weighted by Crippen LogP contribution is -2.54. The molecule has 4 fully saturated rings. The van der Waals surface area contributed by atoms with E-state index < -0.39 is 20.2 Å². The molecule has 8 unspecified atom stereocenters. The van der Waals surface area contributed by atoms with Crippen molar-refractivity contribution < 1.29 is 25.2 Å². The Balaban J connectivity index is 1.09. The standard InChI is InChI=1S/C36H50O6S2/c1-24-6-11-29(12-7-24)43(37,38)41-23-26(3)32-16-17-33-31-15-10-27-22-28(42-44(39,40)30-13-8-25(2)9-14-30)18-20-35(27,4)34(31)19-21-36(32,33)5/h6-9,11-14,26-28,31-34H,10,15-23H2,1-5H3/t26?,27?,28-,31?,32?,33?,34?,35?,36?/m1/s1. The van der Waals surface area contributed by atoms with E-state index in [1.807, 2.05) is 38.1 Å². The van der Waals surface area contributed by atoms with Crippen LogP contribution in [0.5, 0.6) is 0 Å². The molecule has 0 saturated heterocycles. The molecule has 0 aromatic heterocycles. The van der Waals surface area contributed by atoms with E-state index in [4.69, 9.17) is 8.37 Å². The second kappa shape index (κ2) is 11.8. The maximum absolute atomic E-state index is 13.0. The zero-order valence-electron chi connectivity index (χ0n) is 27.0. The Morgan fingerprint density at radius 2 is 1.30 bits per heavy atom. The first-order chi connectivity index (χ1) is 20.7. The van der Waals surface area contributed by atoms with Crippen molar-refractivity contribution in [2.75, 3.05) is 6.61 Å². The van der Waals surface area contributed by atoms with Gasteiger partial charge in [-0.25, -0.2) is 0 Å². The highest BCUT2D eigenvalue weighted by Gasteiger charge is 2.61. The molecule has 9 atom stereocenters. The molecule has 242 valence electrons. The summed E-state index contributed by atoms with van der Waals surface area (Å²) in [4.78, 5) is 0.471. The highest BCUT2D eigenvalue weighted by molar-refractivity contribution is 7.87. The molecule has 0 radical (unpaired) electrons. The third-order valence-corrected chi connectivity index (χ3v) is 15.4. The van der Waals surface area contributed by atoms with Crippen LogP contribution in [0.3, 0.4) is 0 Å². The Morgan fingerprint density at radius 3 is 1.93 bits per heavy atom. The normalized spacial score (nSPS) is 36.2. The van der Waals surface area contributed by atoms with Crippen molar-refractivity contribution in [3.63, 3.8) is 0 Å². The summed E-state index contributed by atoms with van der Waals surface area (Å²) in [7, 11) is -7.54. The topological polar surface area (TPSA) is 86.7 Å². The molecule has 4 saturated carbocycles. The summed E-state index contributed by atoms with van der Waals surface area (Å²) in [6, 6.07) is 13.8. The van der Waals surface area contributed by atoms with Gasteiger partial charge in [0.2, 0.25) is 0 Å². The van der Waals surface area contributed by atoms with Crippen molar-refractivity contribution in [1.29, 1.82) is 0 Å². The molecule has 4 aliphatic rings. The fourth-order valence-corrected chi connectivity index (χ4v) is 12.4. The number of aryl methyl sites for hydroxylation is 2. The highest BCUT2D eigenvalue weighted by atomic mass is 32.2. The highest BCUT2D eigenvalue weighted by Crippen LogP contribution is 2.68. The van der Waals surface area contributed by atoms with Gasteiger partial charge in [0.25, 0.3) is 20.2 Å². The number of hydrogen-bond acceptors (Lipinski definition) is 6. The molecular formula is C36H50O6S2. The molecule has 2 aromatic rings. The predicted molar refractivity (Wildman–Crippen MR) is 172 cm³/mol. The van der Waals surface area contributed by atoms with E-state index in [0.29, 0.717) is 29.6 Å². The van der Waals surface area contributed by atoms with Gasteiger partial charge in [0.05, 0.1) is 22.5 Å². The third-order valence-electron chi connectivity index (χ3n) is 12.7. The van der Waals surface area contributed by atoms with Gasteiger partial charge in [-0.15, -0.1) is 0 Å². The van der Waals surface area contributed by atoms with Crippen LogP contribution in [0.1, 0.15) is 89.7 Å². The van der Waals surface area contributed by atoms with Gasteiger partial charge in [0.1, 0.15) is 0 Å². The smallest absolute Gasteiger partial charge is 0.266 e. The number of rotatable bonds is 8. The number of fused-ring (bicyclic) bond motifs is 5. The molecule has 44 heavy (non-hydrogen) atoms. The Kier molecular flexibility index (Phi) is 8.64. The fraction of sp³-hybridized carbons (Fsp3) is 0.667. The van der Waals surface area contributed by atoms with Crippen molar-refractivity contribution in [3.05, 3.63) is 59.7 Å². The van der Waals surface area contributed by atoms with E-state index in [-0.39, 0.29) is 39.2 Å². The van der Waals surface area contributed by atoms with Crippen molar-refractivity contribution in [2.24, 2.45) is 46.3 Å². The summed E-state index contributed by atoms with van der Waals surface area (Å²) in [5.41, 5.74) is 2.46. The minimum absolute atomic E-state index is 0.164. The molecule has 0 bridgehead atoms. The van der Waals surface area contributed by atoms with E-state index in [2.05, 4.69) is 20.8 Å². The quantitative estimate of drug-likeness (QED) is 0.271. The maximum Gasteiger partial charge on any atom is 0.297 e. The van der Waals surface area contributed by atoms with Crippen molar-refractivity contribution in [3.8, 4) is 0 Å². The summed E-state index contributed by atoms with van der Waals surface area (Å²) in [5, 5.41) is 0. The average Bonchev–Trinajstić information content (AvgIpc) is 3.34.